The van der Waals surface area contributed by atoms with Crippen molar-refractivity contribution in [2.45, 2.75) is 43.8 Å². The number of aliphatic hydroxyl groups is 1. The number of carboxylic acid groups (broad SMARTS) is 1. The number of aliphatic carboxylic acids is 1. The molecule has 3 N–H and O–H groups in total. The number of nitrogens with zero attached hydrogens (tertiary/aromatic N) is 1. The average Bonchev–Trinajstić information content (AvgIpc) is 2.95. The molecule has 7 nitrogen and oxygen atoms in total. The van der Waals surface area contributed by atoms with Gasteiger partial charge in [0.05, 0.1) is 29.8 Å². The fraction of sp³-hybridized carbons (Fsp3) is 0.500. The Balaban J connectivity index is 1.94. The lowest BCUT2D eigenvalue weighted by Gasteiger charge is -2.35. The number of carboxylic acids is 1. The van der Waals surface area contributed by atoms with Gasteiger partial charge in [0.25, 0.3) is 0 Å². The molecule has 2 saturated heterocycles. The molecule has 2 bridgehead atoms. The van der Waals surface area contributed by atoms with E-state index in [4.69, 9.17) is 11.3 Å². The number of benzene rings is 1. The lowest BCUT2D eigenvalue weighted by atomic mass is 9.66. The smallest absolute Gasteiger partial charge is 0.407 e. The van der Waals surface area contributed by atoms with Gasteiger partial charge in [0, 0.05) is 12.1 Å². The number of aliphatic hydroxyl groups excluding tert-OH is 1. The summed E-state index contributed by atoms with van der Waals surface area (Å²) in [4.78, 5) is 27.4. The summed E-state index contributed by atoms with van der Waals surface area (Å²) in [7, 11) is 0. The van der Waals surface area contributed by atoms with Crippen LogP contribution in [0.2, 0.25) is 0 Å². The fourth-order valence-corrected chi connectivity index (χ4v) is 4.32. The second-order valence-corrected chi connectivity index (χ2v) is 7.44. The van der Waals surface area contributed by atoms with E-state index in [-0.39, 0.29) is 12.1 Å². The molecule has 0 saturated carbocycles. The van der Waals surface area contributed by atoms with E-state index < -0.39 is 58.4 Å². The molecule has 3 rings (SSSR count). The lowest BCUT2D eigenvalue weighted by molar-refractivity contribution is -0.154. The molecule has 0 aliphatic carbocycles. The number of hydrogen-bond donors (Lipinski definition) is 3. The largest absolute Gasteiger partial charge is 0.481 e. The van der Waals surface area contributed by atoms with Crippen LogP contribution < -0.4 is 5.32 Å². The van der Waals surface area contributed by atoms with Crippen LogP contribution in [0.25, 0.3) is 4.85 Å². The van der Waals surface area contributed by atoms with Crippen molar-refractivity contribution >= 4 is 23.3 Å². The second kappa shape index (κ2) is 6.18. The molecule has 0 aromatic heterocycles. The number of carbonyl (C=O) groups is 2. The molecule has 2 heterocycles. The quantitative estimate of drug-likeness (QED) is 0.680. The zero-order valence-electron chi connectivity index (χ0n) is 14.9. The van der Waals surface area contributed by atoms with Crippen LogP contribution in [0.15, 0.2) is 18.2 Å². The van der Waals surface area contributed by atoms with E-state index in [1.165, 1.54) is 13.8 Å². The number of alkyl halides is 3. The molecule has 1 aromatic rings. The van der Waals surface area contributed by atoms with Gasteiger partial charge in [-0.3, -0.25) is 9.59 Å². The van der Waals surface area contributed by atoms with Gasteiger partial charge in [0.15, 0.2) is 5.69 Å². The van der Waals surface area contributed by atoms with Gasteiger partial charge in [-0.15, -0.1) is 0 Å². The van der Waals surface area contributed by atoms with Crippen molar-refractivity contribution in [3.8, 4) is 0 Å². The molecule has 150 valence electrons. The Morgan fingerprint density at radius 2 is 1.96 bits per heavy atom. The van der Waals surface area contributed by atoms with Crippen molar-refractivity contribution in [3.63, 3.8) is 0 Å². The molecule has 2 aliphatic heterocycles. The average molecular weight is 398 g/mol. The normalized spacial score (nSPS) is 34.1. The Kier molecular flexibility index (Phi) is 4.44. The van der Waals surface area contributed by atoms with Crippen LogP contribution in [0.3, 0.4) is 0 Å². The van der Waals surface area contributed by atoms with Gasteiger partial charge in [0.2, 0.25) is 5.91 Å². The van der Waals surface area contributed by atoms with Gasteiger partial charge in [-0.05, 0) is 26.0 Å². The van der Waals surface area contributed by atoms with E-state index in [1.807, 2.05) is 0 Å². The standard InChI is InChI=1S/C18H17F3N2O5/c1-16-7-11(24)17(2,28-16)13(15(26)27)12(16)14(25)23-8-4-5-10(22-3)9(6-8)18(19,20)21/h4-6,11-13,24H,7H2,1-2H3,(H,23,25)(H,26,27)/t11-,12-,13+,16?,17?/m1/s1. The summed E-state index contributed by atoms with van der Waals surface area (Å²) in [5.74, 6) is -4.75. The van der Waals surface area contributed by atoms with E-state index in [0.29, 0.717) is 6.07 Å². The summed E-state index contributed by atoms with van der Waals surface area (Å²) < 4.78 is 45.1. The first-order chi connectivity index (χ1) is 12.8. The first-order valence-electron chi connectivity index (χ1n) is 8.34. The van der Waals surface area contributed by atoms with Crippen LogP contribution in [-0.2, 0) is 20.5 Å². The molecular weight excluding hydrogens is 381 g/mol. The maximum absolute atomic E-state index is 13.1. The molecule has 5 atom stereocenters. The predicted octanol–water partition coefficient (Wildman–Crippen LogP) is 2.82. The monoisotopic (exact) mass is 398 g/mol. The minimum absolute atomic E-state index is 0.0236. The Morgan fingerprint density at radius 3 is 2.50 bits per heavy atom. The first kappa shape index (κ1) is 20.1. The van der Waals surface area contributed by atoms with Crippen LogP contribution in [-0.4, -0.2) is 39.4 Å². The van der Waals surface area contributed by atoms with E-state index in [2.05, 4.69) is 10.2 Å². The zero-order chi connectivity index (χ0) is 21.1. The summed E-state index contributed by atoms with van der Waals surface area (Å²) in [6.07, 6.45) is -5.85. The fourth-order valence-electron chi connectivity index (χ4n) is 4.32. The van der Waals surface area contributed by atoms with Gasteiger partial charge < -0.3 is 20.3 Å². The summed E-state index contributed by atoms with van der Waals surface area (Å²) in [6, 6.07) is 2.71. The molecule has 2 fully saturated rings. The van der Waals surface area contributed by atoms with Crippen LogP contribution in [0, 0.1) is 18.4 Å². The van der Waals surface area contributed by atoms with Gasteiger partial charge in [0.1, 0.15) is 11.5 Å². The lowest BCUT2D eigenvalue weighted by Crippen LogP contribution is -2.54. The van der Waals surface area contributed by atoms with E-state index >= 15 is 0 Å². The Hall–Kier alpha value is -2.64. The summed E-state index contributed by atoms with van der Waals surface area (Å²) >= 11 is 0. The third kappa shape index (κ3) is 2.91. The minimum Gasteiger partial charge on any atom is -0.481 e. The molecule has 0 spiro atoms. The third-order valence-corrected chi connectivity index (χ3v) is 5.56. The molecule has 2 aliphatic rings. The predicted molar refractivity (Wildman–Crippen MR) is 89.5 cm³/mol. The summed E-state index contributed by atoms with van der Waals surface area (Å²) in [6.45, 7) is 9.74. The number of amides is 1. The maximum Gasteiger partial charge on any atom is 0.407 e. The second-order valence-electron chi connectivity index (χ2n) is 7.44. The maximum atomic E-state index is 13.1. The molecule has 0 radical (unpaired) electrons. The van der Waals surface area contributed by atoms with E-state index in [1.54, 1.807) is 0 Å². The van der Waals surface area contributed by atoms with Gasteiger partial charge >= 0.3 is 12.1 Å². The number of rotatable bonds is 3. The molecule has 1 amide bonds. The van der Waals surface area contributed by atoms with E-state index in [0.717, 1.165) is 12.1 Å². The number of carbonyl (C=O) groups excluding carboxylic acids is 1. The minimum atomic E-state index is -4.79. The van der Waals surface area contributed by atoms with Gasteiger partial charge in [-0.1, -0.05) is 6.07 Å². The van der Waals surface area contributed by atoms with Gasteiger partial charge in [-0.2, -0.15) is 13.2 Å². The van der Waals surface area contributed by atoms with Crippen LogP contribution in [0.1, 0.15) is 25.8 Å². The van der Waals surface area contributed by atoms with Crippen molar-refractivity contribution in [3.05, 3.63) is 35.2 Å². The Labute approximate surface area is 157 Å². The zero-order valence-corrected chi connectivity index (χ0v) is 14.9. The molecular formula is C18H17F3N2O5. The van der Waals surface area contributed by atoms with Gasteiger partial charge in [-0.25, -0.2) is 4.85 Å². The Morgan fingerprint density at radius 1 is 1.32 bits per heavy atom. The topological polar surface area (TPSA) is 100 Å². The highest BCUT2D eigenvalue weighted by molar-refractivity contribution is 5.97. The van der Waals surface area contributed by atoms with Crippen molar-refractivity contribution in [1.82, 2.24) is 0 Å². The van der Waals surface area contributed by atoms with E-state index in [9.17, 15) is 33.0 Å². The SMILES string of the molecule is [C-]#[N+]c1ccc(NC(=O)[C@H]2[C@@H](C(=O)O)C3(C)OC2(C)C[C@H]3O)cc1C(F)(F)F. The molecule has 2 unspecified atom stereocenters. The number of halogens is 3. The van der Waals surface area contributed by atoms with Crippen molar-refractivity contribution in [2.75, 3.05) is 5.32 Å². The van der Waals surface area contributed by atoms with Crippen molar-refractivity contribution in [1.29, 1.82) is 0 Å². The number of anilines is 1. The molecule has 10 heteroatoms. The van der Waals surface area contributed by atoms with Crippen molar-refractivity contribution in [2.24, 2.45) is 11.8 Å². The highest BCUT2D eigenvalue weighted by Crippen LogP contribution is 2.57. The highest BCUT2D eigenvalue weighted by atomic mass is 19.4. The number of fused-ring (bicyclic) bond motifs is 2. The number of hydrogen-bond acceptors (Lipinski definition) is 4. The molecule has 28 heavy (non-hydrogen) atoms. The third-order valence-electron chi connectivity index (χ3n) is 5.56. The highest BCUT2D eigenvalue weighted by Gasteiger charge is 2.71. The summed E-state index contributed by atoms with van der Waals surface area (Å²) in [5.41, 5.74) is -4.78. The summed E-state index contributed by atoms with van der Waals surface area (Å²) in [5, 5.41) is 22.1. The number of ether oxygens (including phenoxy) is 1. The molecule has 1 aromatic carbocycles. The Bertz CT molecular complexity index is 896. The van der Waals surface area contributed by atoms with Crippen molar-refractivity contribution < 1.29 is 37.7 Å². The van der Waals surface area contributed by atoms with Crippen LogP contribution in [0.5, 0.6) is 0 Å². The number of nitrogens with one attached hydrogen (secondary N) is 1. The first-order valence-corrected chi connectivity index (χ1v) is 8.34. The van der Waals surface area contributed by atoms with Crippen LogP contribution >= 0.6 is 0 Å². The van der Waals surface area contributed by atoms with Crippen LogP contribution in [0.4, 0.5) is 24.5 Å².